The van der Waals surface area contributed by atoms with Crippen LogP contribution in [0.1, 0.15) is 13.3 Å². The molecule has 0 aromatic carbocycles. The van der Waals surface area contributed by atoms with Gasteiger partial charge in [0.15, 0.2) is 0 Å². The van der Waals surface area contributed by atoms with E-state index in [1.165, 1.54) is 6.92 Å². The number of esters is 1. The summed E-state index contributed by atoms with van der Waals surface area (Å²) in [6.45, 7) is 0.700. The van der Waals surface area contributed by atoms with E-state index in [1.54, 1.807) is 0 Å². The van der Waals surface area contributed by atoms with Crippen LogP contribution in [-0.2, 0) is 23.8 Å². The molecule has 7 heteroatoms. The monoisotopic (exact) mass is 240 g/mol. The summed E-state index contributed by atoms with van der Waals surface area (Å²) in [5.41, 5.74) is -1.67. The minimum absolute atomic E-state index is 0.0288. The van der Waals surface area contributed by atoms with Crippen molar-refractivity contribution in [1.82, 2.24) is 0 Å². The minimum Gasteiger partial charge on any atom is -0.465 e. The van der Waals surface area contributed by atoms with Crippen LogP contribution in [0.5, 0.6) is 0 Å². The van der Waals surface area contributed by atoms with E-state index in [9.17, 15) is 17.6 Å². The van der Waals surface area contributed by atoms with E-state index in [2.05, 4.69) is 8.92 Å². The predicted molar refractivity (Wildman–Crippen MR) is 49.4 cm³/mol. The zero-order valence-electron chi connectivity index (χ0n) is 8.53. The predicted octanol–water partition coefficient (Wildman–Crippen LogP) is 0.254. The Bertz CT molecular complexity index is 352. The van der Waals surface area contributed by atoms with E-state index in [1.807, 2.05) is 0 Å². The van der Waals surface area contributed by atoms with Gasteiger partial charge in [-0.05, 0) is 6.42 Å². The lowest BCUT2D eigenvalue weighted by Crippen LogP contribution is -2.19. The second-order valence-electron chi connectivity index (χ2n) is 3.70. The number of ether oxygens (including phenoxy) is 1. The van der Waals surface area contributed by atoms with Crippen molar-refractivity contribution in [1.29, 1.82) is 0 Å². The van der Waals surface area contributed by atoms with Crippen molar-refractivity contribution >= 4 is 16.1 Å². The first-order chi connectivity index (χ1) is 6.73. The molecule has 0 saturated heterocycles. The Morgan fingerprint density at radius 3 is 2.67 bits per heavy atom. The summed E-state index contributed by atoms with van der Waals surface area (Å²) in [6, 6.07) is 0. The molecule has 0 aromatic heterocycles. The summed E-state index contributed by atoms with van der Waals surface area (Å²) in [7, 11) is -3.62. The molecule has 0 aromatic rings. The molecule has 0 heterocycles. The molecule has 0 aliphatic heterocycles. The van der Waals surface area contributed by atoms with E-state index >= 15 is 0 Å². The summed E-state index contributed by atoms with van der Waals surface area (Å²) in [5.74, 6) is -0.934. The minimum atomic E-state index is -3.62. The van der Waals surface area contributed by atoms with Crippen molar-refractivity contribution in [3.63, 3.8) is 0 Å². The van der Waals surface area contributed by atoms with Gasteiger partial charge in [-0.3, -0.25) is 8.98 Å². The molecule has 1 saturated carbocycles. The van der Waals surface area contributed by atoms with Crippen molar-refractivity contribution in [3.8, 4) is 0 Å². The van der Waals surface area contributed by atoms with E-state index in [-0.39, 0.29) is 13.0 Å². The molecule has 5 nitrogen and oxygen atoms in total. The van der Waals surface area contributed by atoms with Gasteiger partial charge >= 0.3 is 5.97 Å². The first kappa shape index (κ1) is 12.4. The molecule has 0 radical (unpaired) electrons. The van der Waals surface area contributed by atoms with Crippen molar-refractivity contribution in [3.05, 3.63) is 0 Å². The maximum atomic E-state index is 13.6. The van der Waals surface area contributed by atoms with E-state index in [0.717, 1.165) is 6.26 Å². The van der Waals surface area contributed by atoms with E-state index < -0.39 is 34.3 Å². The molecule has 15 heavy (non-hydrogen) atoms. The van der Waals surface area contributed by atoms with Crippen LogP contribution in [0.4, 0.5) is 4.39 Å². The molecule has 0 spiro atoms. The Balaban J connectivity index is 2.30. The normalized spacial score (nSPS) is 29.9. The van der Waals surface area contributed by atoms with Crippen LogP contribution in [0.15, 0.2) is 0 Å². The highest BCUT2D eigenvalue weighted by Crippen LogP contribution is 2.47. The molecule has 1 aliphatic carbocycles. The van der Waals surface area contributed by atoms with Crippen molar-refractivity contribution in [2.24, 2.45) is 5.92 Å². The van der Waals surface area contributed by atoms with Gasteiger partial charge in [0.05, 0.1) is 12.9 Å². The molecule has 0 N–H and O–H groups in total. The van der Waals surface area contributed by atoms with Gasteiger partial charge in [-0.2, -0.15) is 8.42 Å². The summed E-state index contributed by atoms with van der Waals surface area (Å²) >= 11 is 0. The van der Waals surface area contributed by atoms with E-state index in [4.69, 9.17) is 0 Å². The average molecular weight is 240 g/mol. The Labute approximate surface area is 87.7 Å². The van der Waals surface area contributed by atoms with Crippen molar-refractivity contribution in [2.45, 2.75) is 19.0 Å². The highest BCUT2D eigenvalue weighted by molar-refractivity contribution is 7.85. The van der Waals surface area contributed by atoms with Crippen LogP contribution >= 0.6 is 0 Å². The third kappa shape index (κ3) is 4.13. The summed E-state index contributed by atoms with van der Waals surface area (Å²) < 4.78 is 43.7. The molecule has 0 unspecified atom stereocenters. The fourth-order valence-electron chi connectivity index (χ4n) is 1.16. The lowest BCUT2D eigenvalue weighted by Gasteiger charge is -2.07. The topological polar surface area (TPSA) is 69.7 Å². The molecule has 0 bridgehead atoms. The zero-order chi connectivity index (χ0) is 11.7. The molecule has 1 aliphatic rings. The standard InChI is InChI=1S/C8H13FO5S/c1-6(10)13-4-7-3-8(7,9)5-14-15(2,11)12/h7H,3-5H2,1-2H3/t7-,8+/m0/s1. The third-order valence-corrected chi connectivity index (χ3v) is 2.70. The first-order valence-electron chi connectivity index (χ1n) is 4.40. The summed E-state index contributed by atoms with van der Waals surface area (Å²) in [4.78, 5) is 10.4. The Morgan fingerprint density at radius 2 is 2.20 bits per heavy atom. The van der Waals surface area contributed by atoms with Crippen LogP contribution in [0, 0.1) is 5.92 Å². The van der Waals surface area contributed by atoms with Gasteiger partial charge in [0, 0.05) is 12.8 Å². The number of carbonyl (C=O) groups is 1. The fraction of sp³-hybridized carbons (Fsp3) is 0.875. The summed E-state index contributed by atoms with van der Waals surface area (Å²) in [5, 5.41) is 0. The second kappa shape index (κ2) is 4.05. The SMILES string of the molecule is CC(=O)OC[C@@H]1C[C@@]1(F)COS(C)(=O)=O. The highest BCUT2D eigenvalue weighted by atomic mass is 32.2. The lowest BCUT2D eigenvalue weighted by atomic mass is 10.3. The largest absolute Gasteiger partial charge is 0.465 e. The molecule has 88 valence electrons. The molecule has 1 fully saturated rings. The van der Waals surface area contributed by atoms with E-state index in [0.29, 0.717) is 0 Å². The van der Waals surface area contributed by atoms with Crippen LogP contribution in [0.2, 0.25) is 0 Å². The third-order valence-electron chi connectivity index (χ3n) is 2.16. The van der Waals surface area contributed by atoms with Crippen LogP contribution in [-0.4, -0.2) is 39.5 Å². The maximum absolute atomic E-state index is 13.6. The highest BCUT2D eigenvalue weighted by Gasteiger charge is 2.56. The van der Waals surface area contributed by atoms with Gasteiger partial charge < -0.3 is 4.74 Å². The van der Waals surface area contributed by atoms with Crippen LogP contribution < -0.4 is 0 Å². The fourth-order valence-corrected chi connectivity index (χ4v) is 1.57. The number of carbonyl (C=O) groups excluding carboxylic acids is 1. The zero-order valence-corrected chi connectivity index (χ0v) is 9.34. The molecule has 0 amide bonds. The smallest absolute Gasteiger partial charge is 0.302 e. The van der Waals surface area contributed by atoms with Gasteiger partial charge in [0.25, 0.3) is 10.1 Å². The second-order valence-corrected chi connectivity index (χ2v) is 5.35. The van der Waals surface area contributed by atoms with Gasteiger partial charge in [-0.15, -0.1) is 0 Å². The molecular weight excluding hydrogens is 227 g/mol. The maximum Gasteiger partial charge on any atom is 0.302 e. The van der Waals surface area contributed by atoms with Crippen molar-refractivity contribution < 1.29 is 26.5 Å². The Hall–Kier alpha value is -0.690. The molecule has 2 atom stereocenters. The summed E-state index contributed by atoms with van der Waals surface area (Å²) in [6.07, 6.45) is 1.02. The lowest BCUT2D eigenvalue weighted by molar-refractivity contribution is -0.141. The number of rotatable bonds is 5. The number of alkyl halides is 1. The average Bonchev–Trinajstić information content (AvgIpc) is 2.70. The van der Waals surface area contributed by atoms with Gasteiger partial charge in [-0.25, -0.2) is 4.39 Å². The Morgan fingerprint density at radius 1 is 1.60 bits per heavy atom. The van der Waals surface area contributed by atoms with Crippen LogP contribution in [0.3, 0.4) is 0 Å². The van der Waals surface area contributed by atoms with Crippen LogP contribution in [0.25, 0.3) is 0 Å². The van der Waals surface area contributed by atoms with Gasteiger partial charge in [0.1, 0.15) is 12.3 Å². The molecule has 1 rings (SSSR count). The van der Waals surface area contributed by atoms with Crippen molar-refractivity contribution in [2.75, 3.05) is 19.5 Å². The molecular formula is C8H13FO5S. The van der Waals surface area contributed by atoms with Gasteiger partial charge in [-0.1, -0.05) is 0 Å². The first-order valence-corrected chi connectivity index (χ1v) is 6.21. The Kier molecular flexibility index (Phi) is 3.34. The number of hydrogen-bond donors (Lipinski definition) is 0. The quantitative estimate of drug-likeness (QED) is 0.509. The number of halogens is 1. The van der Waals surface area contributed by atoms with Gasteiger partial charge in [0.2, 0.25) is 0 Å². The number of hydrogen-bond acceptors (Lipinski definition) is 5.